The van der Waals surface area contributed by atoms with Gasteiger partial charge in [0.1, 0.15) is 6.61 Å². The van der Waals surface area contributed by atoms with Gasteiger partial charge in [0.15, 0.2) is 0 Å². The zero-order chi connectivity index (χ0) is 18.5. The van der Waals surface area contributed by atoms with E-state index in [1.807, 2.05) is 30.4 Å². The average Bonchev–Trinajstić information content (AvgIpc) is 3.37. The topological polar surface area (TPSA) is 58.6 Å². The van der Waals surface area contributed by atoms with Crippen LogP contribution in [0.1, 0.15) is 30.0 Å². The number of hydrogen-bond donors (Lipinski definition) is 1. The molecule has 0 aromatic heterocycles. The average molecular weight is 383 g/mol. The van der Waals surface area contributed by atoms with Gasteiger partial charge in [-0.25, -0.2) is 4.79 Å². The number of ether oxygens (including phenoxy) is 1. The van der Waals surface area contributed by atoms with Crippen LogP contribution >= 0.6 is 11.6 Å². The predicted octanol–water partition coefficient (Wildman–Crippen LogP) is 3.37. The number of rotatable bonds is 3. The summed E-state index contributed by atoms with van der Waals surface area (Å²) in [4.78, 5) is 26.8. The van der Waals surface area contributed by atoms with Gasteiger partial charge in [-0.15, -0.1) is 0 Å². The molecule has 1 N–H and O–H groups in total. The summed E-state index contributed by atoms with van der Waals surface area (Å²) in [6, 6.07) is 7.73. The van der Waals surface area contributed by atoms with Gasteiger partial charge in [0.2, 0.25) is 5.91 Å². The number of hydrogen-bond acceptors (Lipinski definition) is 3. The van der Waals surface area contributed by atoms with E-state index in [2.05, 4.69) is 11.4 Å². The van der Waals surface area contributed by atoms with Gasteiger partial charge in [-0.05, 0) is 35.3 Å². The van der Waals surface area contributed by atoms with Gasteiger partial charge >= 0.3 is 6.09 Å². The van der Waals surface area contributed by atoms with E-state index < -0.39 is 0 Å². The van der Waals surface area contributed by atoms with Gasteiger partial charge < -0.3 is 10.1 Å². The van der Waals surface area contributed by atoms with E-state index in [1.54, 1.807) is 4.90 Å². The zero-order valence-corrected chi connectivity index (χ0v) is 15.5. The van der Waals surface area contributed by atoms with E-state index in [9.17, 15) is 9.59 Å². The monoisotopic (exact) mass is 382 g/mol. The van der Waals surface area contributed by atoms with E-state index in [1.165, 1.54) is 11.1 Å². The Labute approximate surface area is 162 Å². The third-order valence-corrected chi connectivity index (χ3v) is 6.01. The maximum absolute atomic E-state index is 12.9. The summed E-state index contributed by atoms with van der Waals surface area (Å²) in [5.74, 6) is -0.0655. The Balaban J connectivity index is 1.37. The van der Waals surface area contributed by atoms with Crippen molar-refractivity contribution in [3.8, 4) is 0 Å². The van der Waals surface area contributed by atoms with Crippen LogP contribution in [0.25, 0.3) is 0 Å². The highest BCUT2D eigenvalue weighted by Crippen LogP contribution is 2.40. The van der Waals surface area contributed by atoms with Crippen molar-refractivity contribution in [3.63, 3.8) is 0 Å². The number of carbonyl (C=O) groups is 2. The molecule has 1 fully saturated rings. The minimum absolute atomic E-state index is 0.0655. The van der Waals surface area contributed by atoms with Gasteiger partial charge in [-0.3, -0.25) is 9.69 Å². The van der Waals surface area contributed by atoms with Crippen molar-refractivity contribution in [3.05, 3.63) is 69.3 Å². The third kappa shape index (κ3) is 2.77. The summed E-state index contributed by atoms with van der Waals surface area (Å²) in [6.07, 6.45) is 5.65. The summed E-state index contributed by atoms with van der Waals surface area (Å²) in [6.45, 7) is 0.944. The Kier molecular flexibility index (Phi) is 3.86. The van der Waals surface area contributed by atoms with Gasteiger partial charge in [0.05, 0.1) is 18.6 Å². The van der Waals surface area contributed by atoms with Gasteiger partial charge in [0.25, 0.3) is 0 Å². The summed E-state index contributed by atoms with van der Waals surface area (Å²) in [5, 5.41) is 4.01. The predicted molar refractivity (Wildman–Crippen MR) is 101 cm³/mol. The molecule has 1 aliphatic heterocycles. The Morgan fingerprint density at radius 3 is 2.85 bits per heavy atom. The highest BCUT2D eigenvalue weighted by Gasteiger charge is 2.42. The maximum Gasteiger partial charge on any atom is 0.410 e. The number of nitrogens with zero attached hydrogens (tertiary/aromatic N) is 1. The van der Waals surface area contributed by atoms with Crippen molar-refractivity contribution >= 4 is 23.6 Å². The molecule has 27 heavy (non-hydrogen) atoms. The highest BCUT2D eigenvalue weighted by atomic mass is 35.5. The molecule has 6 heteroatoms. The van der Waals surface area contributed by atoms with E-state index >= 15 is 0 Å². The van der Waals surface area contributed by atoms with E-state index in [-0.39, 0.29) is 24.1 Å². The lowest BCUT2D eigenvalue weighted by atomic mass is 10.0. The first-order valence-electron chi connectivity index (χ1n) is 9.21. The van der Waals surface area contributed by atoms with Gasteiger partial charge in [-0.1, -0.05) is 41.4 Å². The Hall–Kier alpha value is -2.53. The molecule has 1 saturated heterocycles. The van der Waals surface area contributed by atoms with Crippen molar-refractivity contribution in [2.24, 2.45) is 0 Å². The number of carbonyl (C=O) groups excluding carboxylic acids is 2. The minimum atomic E-state index is -0.309. The maximum atomic E-state index is 12.9. The molecule has 0 bridgehead atoms. The molecule has 1 aromatic rings. The Bertz CT molecular complexity index is 947. The molecule has 5 nitrogen and oxygen atoms in total. The normalized spacial score (nSPS) is 26.0. The number of benzene rings is 1. The third-order valence-electron chi connectivity index (χ3n) is 5.77. The number of amides is 2. The summed E-state index contributed by atoms with van der Waals surface area (Å²) >= 11 is 6.08. The second kappa shape index (κ2) is 6.27. The first-order chi connectivity index (χ1) is 13.1. The summed E-state index contributed by atoms with van der Waals surface area (Å²) < 4.78 is 5.14. The van der Waals surface area contributed by atoms with Crippen LogP contribution in [0.5, 0.6) is 0 Å². The molecule has 1 aromatic carbocycles. The summed E-state index contributed by atoms with van der Waals surface area (Å²) in [5.41, 5.74) is 5.30. The fourth-order valence-electron chi connectivity index (χ4n) is 4.56. The first-order valence-corrected chi connectivity index (χ1v) is 9.58. The van der Waals surface area contributed by atoms with Crippen LogP contribution in [0, 0.1) is 0 Å². The molecule has 2 amide bonds. The van der Waals surface area contributed by atoms with Crippen LogP contribution in [0.2, 0.25) is 0 Å². The van der Waals surface area contributed by atoms with Crippen LogP contribution in [-0.4, -0.2) is 36.1 Å². The molecule has 0 saturated carbocycles. The number of nitrogens with one attached hydrogen (secondary N) is 1. The smallest absolute Gasteiger partial charge is 0.410 e. The molecule has 5 rings (SSSR count). The SMILES string of the molecule is O=C(NC1Cc2ccccc2C1N1CCOC1=O)C1=CC2=C(CC(Cl)=C2)C1. The molecule has 0 spiro atoms. The van der Waals surface area contributed by atoms with E-state index in [4.69, 9.17) is 16.3 Å². The molecular weight excluding hydrogens is 364 g/mol. The number of fused-ring (bicyclic) bond motifs is 1. The molecule has 1 heterocycles. The van der Waals surface area contributed by atoms with Crippen LogP contribution in [0.15, 0.2) is 58.2 Å². The molecule has 138 valence electrons. The second-order valence-electron chi connectivity index (χ2n) is 7.41. The number of halogens is 1. The van der Waals surface area contributed by atoms with Crippen LogP contribution in [0.3, 0.4) is 0 Å². The lowest BCUT2D eigenvalue weighted by Gasteiger charge is -2.29. The first kappa shape index (κ1) is 16.6. The quantitative estimate of drug-likeness (QED) is 0.871. The standard InChI is InChI=1S/C21H19ClN2O3/c22-16-9-13-7-15(8-14(13)10-16)20(25)23-18-11-12-3-1-2-4-17(12)19(18)24-5-6-27-21(24)26/h1-4,7,9,18-19H,5-6,8,10-11H2,(H,23,25). The van der Waals surface area contributed by atoms with Crippen molar-refractivity contribution in [1.29, 1.82) is 0 Å². The largest absolute Gasteiger partial charge is 0.448 e. The molecule has 4 aliphatic rings. The fourth-order valence-corrected chi connectivity index (χ4v) is 4.84. The van der Waals surface area contributed by atoms with E-state index in [0.29, 0.717) is 26.0 Å². The van der Waals surface area contributed by atoms with Gasteiger partial charge in [0, 0.05) is 23.4 Å². The lowest BCUT2D eigenvalue weighted by Crippen LogP contribution is -2.45. The van der Waals surface area contributed by atoms with Crippen molar-refractivity contribution in [1.82, 2.24) is 10.2 Å². The van der Waals surface area contributed by atoms with Crippen molar-refractivity contribution in [2.45, 2.75) is 31.3 Å². The van der Waals surface area contributed by atoms with Crippen molar-refractivity contribution < 1.29 is 14.3 Å². The fraction of sp³-hybridized carbons (Fsp3) is 0.333. The number of allylic oxidation sites excluding steroid dienone is 5. The number of cyclic esters (lactones) is 1. The molecule has 3 aliphatic carbocycles. The molecule has 0 radical (unpaired) electrons. The Morgan fingerprint density at radius 1 is 1.22 bits per heavy atom. The molecular formula is C21H19ClN2O3. The van der Waals surface area contributed by atoms with E-state index in [0.717, 1.165) is 28.2 Å². The molecule has 2 unspecified atom stereocenters. The second-order valence-corrected chi connectivity index (χ2v) is 7.89. The highest BCUT2D eigenvalue weighted by molar-refractivity contribution is 6.30. The molecule has 2 atom stereocenters. The Morgan fingerprint density at radius 2 is 2.07 bits per heavy atom. The zero-order valence-electron chi connectivity index (χ0n) is 14.7. The van der Waals surface area contributed by atoms with Crippen LogP contribution < -0.4 is 5.32 Å². The summed E-state index contributed by atoms with van der Waals surface area (Å²) in [7, 11) is 0. The van der Waals surface area contributed by atoms with Crippen LogP contribution in [0.4, 0.5) is 4.79 Å². The minimum Gasteiger partial charge on any atom is -0.448 e. The van der Waals surface area contributed by atoms with Crippen LogP contribution in [-0.2, 0) is 16.0 Å². The van der Waals surface area contributed by atoms with Crippen molar-refractivity contribution in [2.75, 3.05) is 13.2 Å². The van der Waals surface area contributed by atoms with Gasteiger partial charge in [-0.2, -0.15) is 0 Å². The lowest BCUT2D eigenvalue weighted by molar-refractivity contribution is -0.118.